The molecule has 0 spiro atoms. The van der Waals surface area contributed by atoms with E-state index in [-0.39, 0.29) is 0 Å². The van der Waals surface area contributed by atoms with Crippen molar-refractivity contribution in [3.05, 3.63) is 33.4 Å². The molecule has 1 aromatic carbocycles. The van der Waals surface area contributed by atoms with Gasteiger partial charge in [0.1, 0.15) is 8.07 Å². The van der Waals surface area contributed by atoms with Gasteiger partial charge in [-0.05, 0) is 46.9 Å². The molecule has 0 nitrogen and oxygen atoms in total. The maximum atomic E-state index is 3.34. The normalized spacial score (nSPS) is 10.5. The van der Waals surface area contributed by atoms with E-state index in [1.165, 1.54) is 3.57 Å². The Hall–Kier alpha value is -0.273. The molecule has 0 radical (unpaired) electrons. The summed E-state index contributed by atoms with van der Waals surface area (Å²) in [6.45, 7) is 6.77. The number of rotatable bonds is 0. The van der Waals surface area contributed by atoms with E-state index in [2.05, 4.69) is 78.0 Å². The maximum absolute atomic E-state index is 3.34. The molecule has 0 N–H and O–H groups in total. The van der Waals surface area contributed by atoms with Crippen LogP contribution in [-0.2, 0) is 0 Å². The summed E-state index contributed by atoms with van der Waals surface area (Å²) in [6, 6.07) is 8.34. The summed E-state index contributed by atoms with van der Waals surface area (Å²) in [5, 5.41) is 0. The third kappa shape index (κ3) is 4.49. The lowest BCUT2D eigenvalue weighted by atomic mass is 10.2. The van der Waals surface area contributed by atoms with Crippen molar-refractivity contribution < 1.29 is 0 Å². The Bertz CT molecular complexity index is 335. The maximum Gasteiger partial charge on any atom is 0.129 e. The van der Waals surface area contributed by atoms with Crippen LogP contribution in [0.25, 0.3) is 0 Å². The quantitative estimate of drug-likeness (QED) is 0.391. The molecule has 0 unspecified atom stereocenters. The summed E-state index contributed by atoms with van der Waals surface area (Å²) >= 11 is 2.30. The lowest BCUT2D eigenvalue weighted by Crippen LogP contribution is -2.16. The molecule has 0 aliphatic rings. The SMILES string of the molecule is C[Si](C)(C)C#Cc1ccc(I)cc1. The van der Waals surface area contributed by atoms with Crippen molar-refractivity contribution in [2.45, 2.75) is 19.6 Å². The average Bonchev–Trinajstić information content (AvgIpc) is 2.02. The van der Waals surface area contributed by atoms with E-state index in [1.54, 1.807) is 0 Å². The molecule has 0 atom stereocenters. The second-order valence-electron chi connectivity index (χ2n) is 4.01. The Balaban J connectivity index is 2.85. The van der Waals surface area contributed by atoms with Crippen molar-refractivity contribution in [1.29, 1.82) is 0 Å². The first-order valence-corrected chi connectivity index (χ1v) is 8.84. The molecule has 0 fully saturated rings. The average molecular weight is 300 g/mol. The minimum absolute atomic E-state index is 1.13. The van der Waals surface area contributed by atoms with Gasteiger partial charge < -0.3 is 0 Å². The highest BCUT2D eigenvalue weighted by atomic mass is 127. The van der Waals surface area contributed by atoms with Gasteiger partial charge in [-0.25, -0.2) is 0 Å². The standard InChI is InChI=1S/C11H13ISi/c1-13(2,3)9-8-10-4-6-11(12)7-5-10/h4-7H,1-3H3. The van der Waals surface area contributed by atoms with Crippen LogP contribution in [0, 0.1) is 15.0 Å². The Morgan fingerprint density at radius 3 is 2.08 bits per heavy atom. The van der Waals surface area contributed by atoms with Crippen LogP contribution in [0.4, 0.5) is 0 Å². The van der Waals surface area contributed by atoms with Crippen molar-refractivity contribution in [3.63, 3.8) is 0 Å². The van der Waals surface area contributed by atoms with Crippen LogP contribution >= 0.6 is 22.6 Å². The van der Waals surface area contributed by atoms with Gasteiger partial charge in [0, 0.05) is 9.13 Å². The van der Waals surface area contributed by atoms with E-state index in [4.69, 9.17) is 0 Å². The Morgan fingerprint density at radius 1 is 1.08 bits per heavy atom. The van der Waals surface area contributed by atoms with Crippen molar-refractivity contribution in [3.8, 4) is 11.5 Å². The van der Waals surface area contributed by atoms with Crippen LogP contribution in [0.5, 0.6) is 0 Å². The zero-order chi connectivity index (χ0) is 9.90. The molecule has 0 bridgehead atoms. The fourth-order valence-electron chi connectivity index (χ4n) is 0.793. The smallest absolute Gasteiger partial charge is 0.127 e. The number of halogens is 1. The fourth-order valence-corrected chi connectivity index (χ4v) is 1.67. The zero-order valence-electron chi connectivity index (χ0n) is 8.19. The molecule has 0 saturated carbocycles. The van der Waals surface area contributed by atoms with Crippen LogP contribution in [0.1, 0.15) is 5.56 Å². The van der Waals surface area contributed by atoms with Crippen LogP contribution in [-0.4, -0.2) is 8.07 Å². The van der Waals surface area contributed by atoms with Gasteiger partial charge in [-0.2, -0.15) is 0 Å². The summed E-state index contributed by atoms with van der Waals surface area (Å²) in [5.74, 6) is 3.22. The molecule has 0 aliphatic carbocycles. The van der Waals surface area contributed by atoms with E-state index in [0.717, 1.165) is 5.56 Å². The molecule has 0 saturated heterocycles. The Morgan fingerprint density at radius 2 is 1.62 bits per heavy atom. The molecule has 1 aromatic rings. The molecule has 13 heavy (non-hydrogen) atoms. The lowest BCUT2D eigenvalue weighted by Gasteiger charge is -2.03. The summed E-state index contributed by atoms with van der Waals surface area (Å²) in [4.78, 5) is 0. The molecule has 0 aromatic heterocycles. The summed E-state index contributed by atoms with van der Waals surface area (Å²) in [5.41, 5.74) is 4.47. The monoisotopic (exact) mass is 300 g/mol. The van der Waals surface area contributed by atoms with Gasteiger partial charge in [0.2, 0.25) is 0 Å². The van der Waals surface area contributed by atoms with Gasteiger partial charge in [-0.3, -0.25) is 0 Å². The van der Waals surface area contributed by atoms with Gasteiger partial charge >= 0.3 is 0 Å². The highest BCUT2D eigenvalue weighted by Crippen LogP contribution is 2.06. The van der Waals surface area contributed by atoms with E-state index in [0.29, 0.717) is 0 Å². The van der Waals surface area contributed by atoms with Crippen molar-refractivity contribution >= 4 is 30.7 Å². The zero-order valence-corrected chi connectivity index (χ0v) is 11.3. The van der Waals surface area contributed by atoms with E-state index < -0.39 is 8.07 Å². The number of hydrogen-bond acceptors (Lipinski definition) is 0. The van der Waals surface area contributed by atoms with Crippen molar-refractivity contribution in [2.24, 2.45) is 0 Å². The van der Waals surface area contributed by atoms with E-state index in [1.807, 2.05) is 0 Å². The van der Waals surface area contributed by atoms with E-state index >= 15 is 0 Å². The van der Waals surface area contributed by atoms with Gasteiger partial charge in [0.15, 0.2) is 0 Å². The van der Waals surface area contributed by atoms with Gasteiger partial charge in [-0.1, -0.05) is 25.6 Å². The van der Waals surface area contributed by atoms with Crippen molar-refractivity contribution in [1.82, 2.24) is 0 Å². The molecule has 68 valence electrons. The largest absolute Gasteiger partial charge is 0.129 e. The number of benzene rings is 1. The summed E-state index contributed by atoms with van der Waals surface area (Å²) < 4.78 is 1.26. The molecule has 0 aliphatic heterocycles. The van der Waals surface area contributed by atoms with Gasteiger partial charge in [0.25, 0.3) is 0 Å². The molecule has 0 amide bonds. The molecule has 0 heterocycles. The first-order chi connectivity index (χ1) is 5.97. The third-order valence-corrected chi connectivity index (χ3v) is 3.02. The third-order valence-electron chi connectivity index (χ3n) is 1.43. The first kappa shape index (κ1) is 10.8. The molecule has 1 rings (SSSR count). The van der Waals surface area contributed by atoms with Crippen LogP contribution in [0.3, 0.4) is 0 Å². The summed E-state index contributed by atoms with van der Waals surface area (Å²) in [6.07, 6.45) is 0. The Labute approximate surface area is 94.9 Å². The fraction of sp³-hybridized carbons (Fsp3) is 0.273. The topological polar surface area (TPSA) is 0 Å². The minimum atomic E-state index is -1.22. The predicted octanol–water partition coefficient (Wildman–Crippen LogP) is 3.52. The number of hydrogen-bond donors (Lipinski definition) is 0. The van der Waals surface area contributed by atoms with Crippen LogP contribution in [0.2, 0.25) is 19.6 Å². The highest BCUT2D eigenvalue weighted by Gasteiger charge is 2.07. The summed E-state index contributed by atoms with van der Waals surface area (Å²) in [7, 11) is -1.22. The van der Waals surface area contributed by atoms with Gasteiger partial charge in [-0.15, -0.1) is 5.54 Å². The molecular weight excluding hydrogens is 287 g/mol. The van der Waals surface area contributed by atoms with E-state index in [9.17, 15) is 0 Å². The molecular formula is C11H13ISi. The first-order valence-electron chi connectivity index (χ1n) is 4.26. The highest BCUT2D eigenvalue weighted by molar-refractivity contribution is 14.1. The molecule has 2 heteroatoms. The van der Waals surface area contributed by atoms with Crippen molar-refractivity contribution in [2.75, 3.05) is 0 Å². The predicted molar refractivity (Wildman–Crippen MR) is 69.4 cm³/mol. The van der Waals surface area contributed by atoms with Gasteiger partial charge in [0.05, 0.1) is 0 Å². The van der Waals surface area contributed by atoms with Crippen LogP contribution in [0.15, 0.2) is 24.3 Å². The second kappa shape index (κ2) is 4.29. The Kier molecular flexibility index (Phi) is 3.57. The second-order valence-corrected chi connectivity index (χ2v) is 10.0. The minimum Gasteiger partial charge on any atom is -0.127 e. The lowest BCUT2D eigenvalue weighted by molar-refractivity contribution is 1.60. The van der Waals surface area contributed by atoms with Crippen LogP contribution < -0.4 is 0 Å².